The lowest BCUT2D eigenvalue weighted by Crippen LogP contribution is -2.28. The van der Waals surface area contributed by atoms with Crippen LogP contribution in [0, 0.1) is 0 Å². The van der Waals surface area contributed by atoms with Crippen LogP contribution in [0.1, 0.15) is 24.5 Å². The van der Waals surface area contributed by atoms with E-state index in [0.29, 0.717) is 33.9 Å². The highest BCUT2D eigenvalue weighted by molar-refractivity contribution is 9.10. The van der Waals surface area contributed by atoms with Crippen LogP contribution in [0.5, 0.6) is 11.5 Å². The van der Waals surface area contributed by atoms with Crippen molar-refractivity contribution < 1.29 is 14.3 Å². The predicted molar refractivity (Wildman–Crippen MR) is 139 cm³/mol. The predicted octanol–water partition coefficient (Wildman–Crippen LogP) is 6.80. The van der Waals surface area contributed by atoms with E-state index in [0.717, 1.165) is 27.4 Å². The monoisotopic (exact) mass is 527 g/mol. The number of carbonyl (C=O) groups excluding carboxylic acids is 1. The van der Waals surface area contributed by atoms with Crippen LogP contribution in [-0.4, -0.2) is 28.8 Å². The summed E-state index contributed by atoms with van der Waals surface area (Å²) in [5.41, 5.74) is 1.93. The summed E-state index contributed by atoms with van der Waals surface area (Å²) >= 11 is 10.3. The van der Waals surface area contributed by atoms with Gasteiger partial charge in [0.1, 0.15) is 10.9 Å². The van der Waals surface area contributed by atoms with Gasteiger partial charge in [-0.3, -0.25) is 9.69 Å². The molecule has 0 aliphatic carbocycles. The van der Waals surface area contributed by atoms with Crippen LogP contribution in [0.2, 0.25) is 0 Å². The maximum absolute atomic E-state index is 12.7. The van der Waals surface area contributed by atoms with E-state index >= 15 is 0 Å². The molecule has 32 heavy (non-hydrogen) atoms. The highest BCUT2D eigenvalue weighted by atomic mass is 79.9. The van der Waals surface area contributed by atoms with Gasteiger partial charge in [-0.1, -0.05) is 73.4 Å². The Kier molecular flexibility index (Phi) is 7.18. The molecule has 0 saturated carbocycles. The van der Waals surface area contributed by atoms with Crippen LogP contribution in [0.25, 0.3) is 16.8 Å². The third-order valence-electron chi connectivity index (χ3n) is 5.12. The molecule has 0 spiro atoms. The number of thioether (sulfide) groups is 1. The summed E-state index contributed by atoms with van der Waals surface area (Å²) in [6.07, 6.45) is 2.71. The summed E-state index contributed by atoms with van der Waals surface area (Å²) in [7, 11) is 1.61. The van der Waals surface area contributed by atoms with E-state index < -0.39 is 0 Å². The Morgan fingerprint density at radius 2 is 1.94 bits per heavy atom. The molecular weight excluding hydrogens is 506 g/mol. The third-order valence-corrected chi connectivity index (χ3v) is 7.09. The Hall–Kier alpha value is -2.35. The largest absolute Gasteiger partial charge is 0.493 e. The molecule has 0 unspecified atom stereocenters. The Bertz CT molecular complexity index is 1220. The van der Waals surface area contributed by atoms with Gasteiger partial charge < -0.3 is 9.47 Å². The molecule has 1 aliphatic rings. The lowest BCUT2D eigenvalue weighted by atomic mass is 10.1. The van der Waals surface area contributed by atoms with Crippen molar-refractivity contribution in [3.63, 3.8) is 0 Å². The summed E-state index contributed by atoms with van der Waals surface area (Å²) < 4.78 is 13.1. The minimum atomic E-state index is -0.0479. The Morgan fingerprint density at radius 1 is 1.16 bits per heavy atom. The molecule has 3 aromatic rings. The molecule has 4 rings (SSSR count). The average Bonchev–Trinajstić information content (AvgIpc) is 3.05. The first kappa shape index (κ1) is 22.8. The molecular formula is C25H22BrNO3S2. The van der Waals surface area contributed by atoms with Gasteiger partial charge in [0.15, 0.2) is 11.5 Å². The number of hydrogen-bond donors (Lipinski definition) is 0. The fraction of sp³-hybridized carbons (Fsp3) is 0.200. The van der Waals surface area contributed by atoms with Crippen LogP contribution in [0.15, 0.2) is 64.0 Å². The van der Waals surface area contributed by atoms with Gasteiger partial charge >= 0.3 is 0 Å². The van der Waals surface area contributed by atoms with Gasteiger partial charge in [-0.2, -0.15) is 0 Å². The number of hydrogen-bond acceptors (Lipinski definition) is 5. The molecule has 0 bridgehead atoms. The first-order valence-electron chi connectivity index (χ1n) is 10.2. The van der Waals surface area contributed by atoms with Gasteiger partial charge in [0.25, 0.3) is 5.91 Å². The number of halogens is 1. The molecule has 0 radical (unpaired) electrons. The molecule has 3 aromatic carbocycles. The van der Waals surface area contributed by atoms with Crippen LogP contribution in [0.3, 0.4) is 0 Å². The van der Waals surface area contributed by atoms with Gasteiger partial charge in [-0.15, -0.1) is 0 Å². The summed E-state index contributed by atoms with van der Waals surface area (Å²) in [4.78, 5) is 14.9. The van der Waals surface area contributed by atoms with Crippen molar-refractivity contribution in [3.05, 3.63) is 75.1 Å². The quantitative estimate of drug-likeness (QED) is 0.249. The van der Waals surface area contributed by atoms with Crippen molar-refractivity contribution in [1.29, 1.82) is 0 Å². The fourth-order valence-electron chi connectivity index (χ4n) is 3.60. The van der Waals surface area contributed by atoms with Gasteiger partial charge in [-0.25, -0.2) is 0 Å². The molecule has 0 aromatic heterocycles. The van der Waals surface area contributed by atoms with Gasteiger partial charge in [0, 0.05) is 6.54 Å². The van der Waals surface area contributed by atoms with E-state index in [2.05, 4.69) is 40.2 Å². The Balaban J connectivity index is 1.59. The van der Waals surface area contributed by atoms with Crippen molar-refractivity contribution in [1.82, 2.24) is 4.90 Å². The number of fused-ring (bicyclic) bond motifs is 1. The summed E-state index contributed by atoms with van der Waals surface area (Å²) in [5, 5.41) is 2.34. The molecule has 1 saturated heterocycles. The Morgan fingerprint density at radius 3 is 2.72 bits per heavy atom. The summed E-state index contributed by atoms with van der Waals surface area (Å²) in [6, 6.07) is 18.2. The second-order valence-electron chi connectivity index (χ2n) is 7.29. The molecule has 1 heterocycles. The van der Waals surface area contributed by atoms with Crippen molar-refractivity contribution >= 4 is 67.0 Å². The maximum Gasteiger partial charge on any atom is 0.266 e. The van der Waals surface area contributed by atoms with E-state index in [1.807, 2.05) is 43.3 Å². The van der Waals surface area contributed by atoms with E-state index in [1.54, 1.807) is 12.0 Å². The number of ether oxygens (including phenoxy) is 2. The van der Waals surface area contributed by atoms with Gasteiger partial charge in [-0.05, 0) is 62.5 Å². The van der Waals surface area contributed by atoms with Crippen LogP contribution >= 0.6 is 39.9 Å². The number of methoxy groups -OCH3 is 1. The second-order valence-corrected chi connectivity index (χ2v) is 9.82. The number of carbonyl (C=O) groups is 1. The first-order valence-corrected chi connectivity index (χ1v) is 12.3. The van der Waals surface area contributed by atoms with Crippen molar-refractivity contribution in [3.8, 4) is 11.5 Å². The number of nitrogens with zero attached hydrogens (tertiary/aromatic N) is 1. The van der Waals surface area contributed by atoms with Gasteiger partial charge in [0.2, 0.25) is 0 Å². The second kappa shape index (κ2) is 10.1. The molecule has 0 N–H and O–H groups in total. The number of amides is 1. The number of benzene rings is 3. The summed E-state index contributed by atoms with van der Waals surface area (Å²) in [5.74, 6) is 1.17. The SMILES string of the molecule is CCCN1C(=O)/C(=C/c2cc(Br)c(OCc3cccc4ccccc34)c(OC)c2)SC1=S. The lowest BCUT2D eigenvalue weighted by molar-refractivity contribution is -0.122. The zero-order chi connectivity index (χ0) is 22.7. The molecule has 1 amide bonds. The fourth-order valence-corrected chi connectivity index (χ4v) is 5.48. The summed E-state index contributed by atoms with van der Waals surface area (Å²) in [6.45, 7) is 3.07. The molecule has 1 aliphatic heterocycles. The highest BCUT2D eigenvalue weighted by Gasteiger charge is 2.31. The minimum Gasteiger partial charge on any atom is -0.493 e. The standard InChI is InChI=1S/C25H22BrNO3S2/c1-3-11-27-24(28)22(32-25(27)31)14-16-12-20(26)23(21(13-16)29-2)30-15-18-9-6-8-17-7-4-5-10-19(17)18/h4-10,12-14H,3,11,15H2,1-2H3/b22-14-. The first-order chi connectivity index (χ1) is 15.5. The minimum absolute atomic E-state index is 0.0479. The third kappa shape index (κ3) is 4.70. The van der Waals surface area contributed by atoms with Crippen molar-refractivity contribution in [2.45, 2.75) is 20.0 Å². The normalized spacial score (nSPS) is 15.1. The molecule has 4 nitrogen and oxygen atoms in total. The zero-order valence-corrected chi connectivity index (χ0v) is 21.0. The Labute approximate surface area is 205 Å². The van der Waals surface area contributed by atoms with Crippen LogP contribution in [0.4, 0.5) is 0 Å². The topological polar surface area (TPSA) is 38.8 Å². The molecule has 1 fully saturated rings. The molecule has 0 atom stereocenters. The van der Waals surface area contributed by atoms with E-state index in [-0.39, 0.29) is 5.91 Å². The molecule has 164 valence electrons. The van der Waals surface area contributed by atoms with Crippen molar-refractivity contribution in [2.75, 3.05) is 13.7 Å². The van der Waals surface area contributed by atoms with Crippen molar-refractivity contribution in [2.24, 2.45) is 0 Å². The van der Waals surface area contributed by atoms with Crippen LogP contribution in [-0.2, 0) is 11.4 Å². The van der Waals surface area contributed by atoms with E-state index in [9.17, 15) is 4.79 Å². The smallest absolute Gasteiger partial charge is 0.266 e. The maximum atomic E-state index is 12.7. The zero-order valence-electron chi connectivity index (χ0n) is 17.8. The van der Waals surface area contributed by atoms with Gasteiger partial charge in [0.05, 0.1) is 16.5 Å². The molecule has 7 heteroatoms. The number of rotatable bonds is 7. The highest BCUT2D eigenvalue weighted by Crippen LogP contribution is 2.39. The number of thiocarbonyl (C=S) groups is 1. The van der Waals surface area contributed by atoms with E-state index in [1.165, 1.54) is 17.1 Å². The van der Waals surface area contributed by atoms with E-state index in [4.69, 9.17) is 21.7 Å². The average molecular weight is 528 g/mol. The lowest BCUT2D eigenvalue weighted by Gasteiger charge is -2.15. The van der Waals surface area contributed by atoms with Crippen LogP contribution < -0.4 is 9.47 Å².